The monoisotopic (exact) mass is 743 g/mol. The van der Waals surface area contributed by atoms with E-state index in [-0.39, 0.29) is 0 Å². The molecule has 0 N–H and O–H groups in total. The third kappa shape index (κ3) is 5.44. The van der Waals surface area contributed by atoms with Crippen molar-refractivity contribution in [1.29, 1.82) is 0 Å². The summed E-state index contributed by atoms with van der Waals surface area (Å²) in [6.45, 7) is 0. The zero-order valence-corrected chi connectivity index (χ0v) is 32.0. The molecule has 0 amide bonds. The van der Waals surface area contributed by atoms with Gasteiger partial charge in [-0.3, -0.25) is 0 Å². The van der Waals surface area contributed by atoms with Gasteiger partial charge < -0.3 is 4.90 Å². The lowest BCUT2D eigenvalue weighted by molar-refractivity contribution is 0.770. The first kappa shape index (κ1) is 33.3. The lowest BCUT2D eigenvalue weighted by Gasteiger charge is -2.33. The van der Waals surface area contributed by atoms with Gasteiger partial charge in [0.2, 0.25) is 0 Å². The number of rotatable bonds is 7. The summed E-state index contributed by atoms with van der Waals surface area (Å²) in [5.74, 6) is 0. The molecule has 0 atom stereocenters. The molecule has 1 aromatic heterocycles. The summed E-state index contributed by atoms with van der Waals surface area (Å²) < 4.78 is 2.60. The van der Waals surface area contributed by atoms with E-state index < -0.39 is 5.41 Å². The highest BCUT2D eigenvalue weighted by atomic mass is 32.1. The number of thiophene rings is 1. The number of anilines is 3. The normalized spacial score (nSPS) is 12.7. The predicted octanol–water partition coefficient (Wildman–Crippen LogP) is 15.2. The zero-order valence-electron chi connectivity index (χ0n) is 31.2. The zero-order chi connectivity index (χ0) is 37.8. The largest absolute Gasteiger partial charge is 0.310 e. The van der Waals surface area contributed by atoms with Gasteiger partial charge in [-0.25, -0.2) is 0 Å². The molecule has 268 valence electrons. The first-order valence-electron chi connectivity index (χ1n) is 19.6. The van der Waals surface area contributed by atoms with Gasteiger partial charge in [0.15, 0.2) is 0 Å². The quantitative estimate of drug-likeness (QED) is 0.157. The minimum absolute atomic E-state index is 0.406. The second-order valence-corrected chi connectivity index (χ2v) is 15.9. The molecule has 10 aromatic rings. The maximum Gasteiger partial charge on any atom is 0.0714 e. The molecule has 0 unspecified atom stereocenters. The first-order valence-corrected chi connectivity index (χ1v) is 20.4. The number of nitrogens with zero attached hydrogens (tertiary/aromatic N) is 1. The van der Waals surface area contributed by atoms with Gasteiger partial charge in [-0.15, -0.1) is 11.3 Å². The average Bonchev–Trinajstić information content (AvgIpc) is 3.81. The summed E-state index contributed by atoms with van der Waals surface area (Å²) in [6.07, 6.45) is 0. The van der Waals surface area contributed by atoms with E-state index in [1.165, 1.54) is 75.8 Å². The average molecular weight is 744 g/mol. The van der Waals surface area contributed by atoms with Gasteiger partial charge in [-0.1, -0.05) is 170 Å². The van der Waals surface area contributed by atoms with E-state index in [1.807, 2.05) is 11.3 Å². The molecule has 0 bridgehead atoms. The summed E-state index contributed by atoms with van der Waals surface area (Å²) in [5, 5.41) is 2.59. The van der Waals surface area contributed by atoms with Crippen LogP contribution in [0.15, 0.2) is 224 Å². The van der Waals surface area contributed by atoms with Gasteiger partial charge in [-0.2, -0.15) is 0 Å². The maximum atomic E-state index is 2.47. The third-order valence-electron chi connectivity index (χ3n) is 11.7. The van der Waals surface area contributed by atoms with Crippen LogP contribution in [0.25, 0.3) is 53.6 Å². The van der Waals surface area contributed by atoms with E-state index in [1.54, 1.807) is 0 Å². The fraction of sp³-hybridized carbons (Fsp3) is 0.0182. The molecule has 1 heterocycles. The molecule has 0 saturated carbocycles. The van der Waals surface area contributed by atoms with Crippen molar-refractivity contribution in [3.05, 3.63) is 247 Å². The molecule has 9 aromatic carbocycles. The molecule has 0 radical (unpaired) electrons. The molecule has 57 heavy (non-hydrogen) atoms. The Hall–Kier alpha value is -7.00. The number of fused-ring (bicyclic) bond motifs is 6. The molecule has 1 aliphatic carbocycles. The molecular weight excluding hydrogens is 707 g/mol. The Kier molecular flexibility index (Phi) is 7.98. The lowest BCUT2D eigenvalue weighted by atomic mass is 9.67. The fourth-order valence-electron chi connectivity index (χ4n) is 9.18. The second kappa shape index (κ2) is 13.6. The van der Waals surface area contributed by atoms with Crippen LogP contribution in [0.3, 0.4) is 0 Å². The van der Waals surface area contributed by atoms with Crippen molar-refractivity contribution in [3.8, 4) is 33.4 Å². The molecule has 2 heteroatoms. The summed E-state index contributed by atoms with van der Waals surface area (Å²) >= 11 is 1.89. The SMILES string of the molecule is c1ccc(-c2ccc(N(c3ccccc3)c3cccc(-c4ccc5sc6cc(C7(c8ccccc8)c8ccccc8-c8ccccc87)ccc6c5c4)c3)cc2)cc1. The highest BCUT2D eigenvalue weighted by Gasteiger charge is 2.45. The minimum atomic E-state index is -0.406. The lowest BCUT2D eigenvalue weighted by Crippen LogP contribution is -2.28. The molecule has 0 saturated heterocycles. The van der Waals surface area contributed by atoms with Crippen LogP contribution in [0.1, 0.15) is 22.3 Å². The minimum Gasteiger partial charge on any atom is -0.310 e. The Bertz CT molecular complexity index is 3010. The smallest absolute Gasteiger partial charge is 0.0714 e. The topological polar surface area (TPSA) is 3.24 Å². The van der Waals surface area contributed by atoms with Gasteiger partial charge >= 0.3 is 0 Å². The van der Waals surface area contributed by atoms with Gasteiger partial charge in [0.25, 0.3) is 0 Å². The van der Waals surface area contributed by atoms with Crippen LogP contribution < -0.4 is 4.90 Å². The summed E-state index contributed by atoms with van der Waals surface area (Å²) in [5.41, 5.74) is 15.7. The Morgan fingerprint density at radius 3 is 1.58 bits per heavy atom. The Labute approximate surface area is 337 Å². The van der Waals surface area contributed by atoms with Gasteiger partial charge in [-0.05, 0) is 110 Å². The van der Waals surface area contributed by atoms with E-state index in [4.69, 9.17) is 0 Å². The number of para-hydroxylation sites is 1. The van der Waals surface area contributed by atoms with Crippen molar-refractivity contribution < 1.29 is 0 Å². The van der Waals surface area contributed by atoms with Crippen LogP contribution in [-0.2, 0) is 5.41 Å². The van der Waals surface area contributed by atoms with E-state index >= 15 is 0 Å². The van der Waals surface area contributed by atoms with E-state index in [2.05, 4.69) is 229 Å². The standard InChI is InChI=1S/C55H37NS/c1-4-15-38(16-5-1)39-27-31-45(32-28-39)56(44-20-8-3-9-21-44)46-22-14-17-40(35-46)41-29-34-53-50(36-41)49-33-30-43(37-54(49)57-53)55(42-18-6-2-7-19-42)51-25-12-10-23-47(51)48-24-11-13-26-52(48)55/h1-37H. The van der Waals surface area contributed by atoms with Crippen LogP contribution in [0, 0.1) is 0 Å². The van der Waals surface area contributed by atoms with Gasteiger partial charge in [0, 0.05) is 37.2 Å². The number of hydrogen-bond acceptors (Lipinski definition) is 2. The van der Waals surface area contributed by atoms with Crippen LogP contribution >= 0.6 is 11.3 Å². The van der Waals surface area contributed by atoms with Crippen molar-refractivity contribution in [2.24, 2.45) is 0 Å². The Morgan fingerprint density at radius 1 is 0.316 bits per heavy atom. The van der Waals surface area contributed by atoms with Crippen molar-refractivity contribution >= 4 is 48.6 Å². The molecule has 1 aliphatic rings. The predicted molar refractivity (Wildman–Crippen MR) is 242 cm³/mol. The molecule has 1 nitrogen and oxygen atoms in total. The van der Waals surface area contributed by atoms with Gasteiger partial charge in [0.05, 0.1) is 5.41 Å². The van der Waals surface area contributed by atoms with E-state index in [0.29, 0.717) is 0 Å². The Morgan fingerprint density at radius 2 is 0.860 bits per heavy atom. The number of hydrogen-bond donors (Lipinski definition) is 0. The molecule has 0 aliphatic heterocycles. The summed E-state index contributed by atoms with van der Waals surface area (Å²) in [4.78, 5) is 2.35. The van der Waals surface area contributed by atoms with Crippen molar-refractivity contribution in [1.82, 2.24) is 0 Å². The van der Waals surface area contributed by atoms with E-state index in [9.17, 15) is 0 Å². The van der Waals surface area contributed by atoms with Crippen LogP contribution in [0.4, 0.5) is 17.1 Å². The fourth-order valence-corrected chi connectivity index (χ4v) is 10.3. The van der Waals surface area contributed by atoms with Crippen LogP contribution in [0.2, 0.25) is 0 Å². The molecule has 0 spiro atoms. The highest BCUT2D eigenvalue weighted by molar-refractivity contribution is 7.25. The summed E-state index contributed by atoms with van der Waals surface area (Å²) in [6, 6.07) is 82.3. The van der Waals surface area contributed by atoms with Crippen molar-refractivity contribution in [3.63, 3.8) is 0 Å². The number of benzene rings is 9. The second-order valence-electron chi connectivity index (χ2n) is 14.9. The third-order valence-corrected chi connectivity index (χ3v) is 12.9. The summed E-state index contributed by atoms with van der Waals surface area (Å²) in [7, 11) is 0. The van der Waals surface area contributed by atoms with Gasteiger partial charge in [0.1, 0.15) is 0 Å². The molecule has 11 rings (SSSR count). The first-order chi connectivity index (χ1) is 28.3. The molecule has 0 fully saturated rings. The maximum absolute atomic E-state index is 2.47. The van der Waals surface area contributed by atoms with Crippen LogP contribution in [-0.4, -0.2) is 0 Å². The highest BCUT2D eigenvalue weighted by Crippen LogP contribution is 2.56. The van der Waals surface area contributed by atoms with Crippen molar-refractivity contribution in [2.75, 3.05) is 4.90 Å². The van der Waals surface area contributed by atoms with E-state index in [0.717, 1.165) is 17.1 Å². The Balaban J connectivity index is 1.01. The van der Waals surface area contributed by atoms with Crippen molar-refractivity contribution in [2.45, 2.75) is 5.41 Å². The van der Waals surface area contributed by atoms with Crippen LogP contribution in [0.5, 0.6) is 0 Å². The molecular formula is C55H37NS.